The molecule has 0 atom stereocenters. The predicted octanol–water partition coefficient (Wildman–Crippen LogP) is 4.48. The van der Waals surface area contributed by atoms with Crippen LogP contribution in [0.4, 0.5) is 5.69 Å². The SMILES string of the molecule is Cc1cc(Br)cc(C)c1NC(=O)c1ccnc(Br)c1. The molecule has 3 nitrogen and oxygen atoms in total. The molecule has 0 aliphatic carbocycles. The van der Waals surface area contributed by atoms with Gasteiger partial charge in [-0.15, -0.1) is 0 Å². The van der Waals surface area contributed by atoms with Gasteiger partial charge < -0.3 is 5.32 Å². The Kier molecular flexibility index (Phi) is 4.37. The number of carbonyl (C=O) groups is 1. The van der Waals surface area contributed by atoms with Crippen molar-refractivity contribution in [2.75, 3.05) is 5.32 Å². The first-order valence-electron chi connectivity index (χ1n) is 5.67. The molecular weight excluding hydrogens is 372 g/mol. The molecule has 1 heterocycles. The minimum absolute atomic E-state index is 0.142. The fourth-order valence-electron chi connectivity index (χ4n) is 1.84. The van der Waals surface area contributed by atoms with E-state index in [1.54, 1.807) is 18.3 Å². The normalized spacial score (nSPS) is 10.3. The molecule has 1 aromatic carbocycles. The molecule has 0 aliphatic rings. The third kappa shape index (κ3) is 3.42. The average Bonchev–Trinajstić information content (AvgIpc) is 2.33. The summed E-state index contributed by atoms with van der Waals surface area (Å²) in [5.41, 5.74) is 3.46. The summed E-state index contributed by atoms with van der Waals surface area (Å²) in [6.45, 7) is 3.94. The predicted molar refractivity (Wildman–Crippen MR) is 83.5 cm³/mol. The molecule has 0 unspecified atom stereocenters. The van der Waals surface area contributed by atoms with Gasteiger partial charge in [0.15, 0.2) is 0 Å². The Morgan fingerprint density at radius 3 is 2.37 bits per heavy atom. The van der Waals surface area contributed by atoms with Crippen LogP contribution < -0.4 is 5.32 Å². The van der Waals surface area contributed by atoms with Gasteiger partial charge in [-0.1, -0.05) is 15.9 Å². The van der Waals surface area contributed by atoms with Gasteiger partial charge in [-0.3, -0.25) is 4.79 Å². The van der Waals surface area contributed by atoms with E-state index < -0.39 is 0 Å². The second-order valence-corrected chi connectivity index (χ2v) is 5.96. The van der Waals surface area contributed by atoms with Crippen molar-refractivity contribution in [2.45, 2.75) is 13.8 Å². The quantitative estimate of drug-likeness (QED) is 0.777. The van der Waals surface area contributed by atoms with Gasteiger partial charge in [0.2, 0.25) is 0 Å². The fourth-order valence-corrected chi connectivity index (χ4v) is 2.89. The van der Waals surface area contributed by atoms with Crippen molar-refractivity contribution >= 4 is 43.5 Å². The lowest BCUT2D eigenvalue weighted by Gasteiger charge is -2.12. The lowest BCUT2D eigenvalue weighted by Crippen LogP contribution is -2.14. The summed E-state index contributed by atoms with van der Waals surface area (Å²) in [6.07, 6.45) is 1.60. The molecule has 1 N–H and O–H groups in total. The lowest BCUT2D eigenvalue weighted by atomic mass is 10.1. The number of rotatable bonds is 2. The number of anilines is 1. The number of pyridine rings is 1. The Bertz CT molecular complexity index is 618. The molecule has 98 valence electrons. The van der Waals surface area contributed by atoms with Crippen LogP contribution >= 0.6 is 31.9 Å². The van der Waals surface area contributed by atoms with Gasteiger partial charge >= 0.3 is 0 Å². The number of nitrogens with one attached hydrogen (secondary N) is 1. The molecule has 0 fully saturated rings. The van der Waals surface area contributed by atoms with Crippen LogP contribution in [0.3, 0.4) is 0 Å². The third-order valence-electron chi connectivity index (χ3n) is 2.72. The van der Waals surface area contributed by atoms with Gasteiger partial charge in [0.1, 0.15) is 4.60 Å². The highest BCUT2D eigenvalue weighted by Gasteiger charge is 2.11. The Morgan fingerprint density at radius 2 is 1.79 bits per heavy atom. The van der Waals surface area contributed by atoms with E-state index in [0.29, 0.717) is 10.2 Å². The number of hydrogen-bond donors (Lipinski definition) is 1. The highest BCUT2D eigenvalue weighted by Crippen LogP contribution is 2.25. The molecule has 2 rings (SSSR count). The Labute approximate surface area is 128 Å². The molecule has 0 spiro atoms. The molecule has 0 aliphatic heterocycles. The zero-order valence-electron chi connectivity index (χ0n) is 10.5. The van der Waals surface area contributed by atoms with Crippen molar-refractivity contribution in [3.63, 3.8) is 0 Å². The van der Waals surface area contributed by atoms with Crippen LogP contribution in [0.2, 0.25) is 0 Å². The molecular formula is C14H12Br2N2O. The largest absolute Gasteiger partial charge is 0.321 e. The molecule has 2 aromatic rings. The molecule has 1 aromatic heterocycles. The van der Waals surface area contributed by atoms with Crippen molar-refractivity contribution in [1.82, 2.24) is 4.98 Å². The van der Waals surface area contributed by atoms with E-state index in [4.69, 9.17) is 0 Å². The van der Waals surface area contributed by atoms with Crippen LogP contribution in [0.25, 0.3) is 0 Å². The van der Waals surface area contributed by atoms with E-state index in [1.807, 2.05) is 26.0 Å². The van der Waals surface area contributed by atoms with Gasteiger partial charge in [0.25, 0.3) is 5.91 Å². The molecule has 0 saturated carbocycles. The Morgan fingerprint density at radius 1 is 1.16 bits per heavy atom. The monoisotopic (exact) mass is 382 g/mol. The summed E-state index contributed by atoms with van der Waals surface area (Å²) < 4.78 is 1.65. The van der Waals surface area contributed by atoms with E-state index in [-0.39, 0.29) is 5.91 Å². The second kappa shape index (κ2) is 5.84. The molecule has 0 radical (unpaired) electrons. The fraction of sp³-hybridized carbons (Fsp3) is 0.143. The van der Waals surface area contributed by atoms with Gasteiger partial charge in [0.05, 0.1) is 0 Å². The van der Waals surface area contributed by atoms with E-state index in [2.05, 4.69) is 42.2 Å². The average molecular weight is 384 g/mol. The summed E-state index contributed by atoms with van der Waals surface area (Å²) in [4.78, 5) is 16.2. The number of benzene rings is 1. The van der Waals surface area contributed by atoms with Crippen molar-refractivity contribution in [2.24, 2.45) is 0 Å². The van der Waals surface area contributed by atoms with Crippen molar-refractivity contribution in [3.8, 4) is 0 Å². The maximum absolute atomic E-state index is 12.2. The van der Waals surface area contributed by atoms with Crippen LogP contribution in [-0.4, -0.2) is 10.9 Å². The number of halogens is 2. The smallest absolute Gasteiger partial charge is 0.255 e. The highest BCUT2D eigenvalue weighted by molar-refractivity contribution is 9.10. The van der Waals surface area contributed by atoms with E-state index in [0.717, 1.165) is 21.3 Å². The van der Waals surface area contributed by atoms with Gasteiger partial charge in [-0.25, -0.2) is 4.98 Å². The van der Waals surface area contributed by atoms with Crippen LogP contribution in [0.5, 0.6) is 0 Å². The third-order valence-corrected chi connectivity index (χ3v) is 3.62. The van der Waals surface area contributed by atoms with E-state index >= 15 is 0 Å². The topological polar surface area (TPSA) is 42.0 Å². The molecule has 0 bridgehead atoms. The summed E-state index contributed by atoms with van der Waals surface area (Å²) in [6, 6.07) is 7.33. The minimum Gasteiger partial charge on any atom is -0.321 e. The summed E-state index contributed by atoms with van der Waals surface area (Å²) >= 11 is 6.70. The first-order valence-corrected chi connectivity index (χ1v) is 7.25. The zero-order chi connectivity index (χ0) is 14.0. The van der Waals surface area contributed by atoms with Crippen molar-refractivity contribution in [1.29, 1.82) is 0 Å². The van der Waals surface area contributed by atoms with Crippen molar-refractivity contribution in [3.05, 3.63) is 56.2 Å². The number of amides is 1. The second-order valence-electron chi connectivity index (χ2n) is 4.24. The minimum atomic E-state index is -0.142. The molecule has 5 heteroatoms. The standard InChI is InChI=1S/C14H12Br2N2O/c1-8-5-11(15)6-9(2)13(8)18-14(19)10-3-4-17-12(16)7-10/h3-7H,1-2H3,(H,18,19). The number of hydrogen-bond acceptors (Lipinski definition) is 2. The van der Waals surface area contributed by atoms with Crippen LogP contribution in [0, 0.1) is 13.8 Å². The maximum Gasteiger partial charge on any atom is 0.255 e. The van der Waals surface area contributed by atoms with Crippen molar-refractivity contribution < 1.29 is 4.79 Å². The molecule has 1 amide bonds. The molecule has 0 saturated heterocycles. The van der Waals surface area contributed by atoms with E-state index in [9.17, 15) is 4.79 Å². The first-order chi connectivity index (χ1) is 8.97. The summed E-state index contributed by atoms with van der Waals surface area (Å²) in [5.74, 6) is -0.142. The van der Waals surface area contributed by atoms with Crippen LogP contribution in [-0.2, 0) is 0 Å². The Balaban J connectivity index is 2.29. The van der Waals surface area contributed by atoms with Gasteiger partial charge in [0, 0.05) is 21.9 Å². The summed E-state index contributed by atoms with van der Waals surface area (Å²) in [5, 5.41) is 2.94. The first kappa shape index (κ1) is 14.2. The zero-order valence-corrected chi connectivity index (χ0v) is 13.7. The number of aromatic nitrogens is 1. The van der Waals surface area contributed by atoms with E-state index in [1.165, 1.54) is 0 Å². The maximum atomic E-state index is 12.2. The Hall–Kier alpha value is -1.20. The van der Waals surface area contributed by atoms with Crippen LogP contribution in [0.1, 0.15) is 21.5 Å². The van der Waals surface area contributed by atoms with Gasteiger partial charge in [-0.2, -0.15) is 0 Å². The number of nitrogens with zero attached hydrogens (tertiary/aromatic N) is 1. The highest BCUT2D eigenvalue weighted by atomic mass is 79.9. The van der Waals surface area contributed by atoms with Gasteiger partial charge in [-0.05, 0) is 65.2 Å². The number of aryl methyl sites for hydroxylation is 2. The van der Waals surface area contributed by atoms with Crippen LogP contribution in [0.15, 0.2) is 39.5 Å². The molecule has 19 heavy (non-hydrogen) atoms. The number of carbonyl (C=O) groups excluding carboxylic acids is 1. The summed E-state index contributed by atoms with van der Waals surface area (Å²) in [7, 11) is 0. The lowest BCUT2D eigenvalue weighted by molar-refractivity contribution is 0.102.